The molecule has 0 aliphatic rings. The van der Waals surface area contributed by atoms with Gasteiger partial charge in [-0.2, -0.15) is 9.36 Å². The Morgan fingerprint density at radius 1 is 1.50 bits per heavy atom. The number of benzene rings is 1. The molecule has 0 bridgehead atoms. The molecule has 0 saturated carbocycles. The molecule has 1 aromatic heterocycles. The molecule has 1 N–H and O–H groups in total. The van der Waals surface area contributed by atoms with Gasteiger partial charge in [0.15, 0.2) is 5.82 Å². The summed E-state index contributed by atoms with van der Waals surface area (Å²) in [4.78, 5) is 4.26. The minimum Gasteiger partial charge on any atom is -0.361 e. The Bertz CT molecular complexity index is 501. The fourth-order valence-corrected chi connectivity index (χ4v) is 2.03. The van der Waals surface area contributed by atoms with Crippen molar-refractivity contribution in [1.29, 1.82) is 0 Å². The highest BCUT2D eigenvalue weighted by atomic mass is 35.5. The number of aromatic nitrogens is 2. The van der Waals surface area contributed by atoms with Crippen LogP contribution < -0.4 is 5.32 Å². The minimum absolute atomic E-state index is 0.0808. The zero-order valence-corrected chi connectivity index (χ0v) is 10.1. The monoisotopic (exact) mass is 257 g/mol. The van der Waals surface area contributed by atoms with E-state index >= 15 is 0 Å². The van der Waals surface area contributed by atoms with Gasteiger partial charge < -0.3 is 5.32 Å². The van der Waals surface area contributed by atoms with Gasteiger partial charge in [-0.3, -0.25) is 0 Å². The lowest BCUT2D eigenvalue weighted by molar-refractivity contribution is 0.628. The third-order valence-electron chi connectivity index (χ3n) is 1.93. The number of anilines is 1. The summed E-state index contributed by atoms with van der Waals surface area (Å²) in [6.07, 6.45) is 0. The van der Waals surface area contributed by atoms with Crippen molar-refractivity contribution in [2.24, 2.45) is 0 Å². The third-order valence-corrected chi connectivity index (χ3v) is 2.89. The molecule has 0 amide bonds. The van der Waals surface area contributed by atoms with Gasteiger partial charge in [-0.25, -0.2) is 4.39 Å². The molecule has 1 aromatic carbocycles. The standard InChI is InChI=1S/C10H9ClFN3S/c1-2-13-10-14-9(15-16-10)6-3-4-8(12)7(11)5-6/h3-5H,2H2,1H3,(H,13,14,15). The van der Waals surface area contributed by atoms with Gasteiger partial charge in [0.2, 0.25) is 5.13 Å². The normalized spacial score (nSPS) is 10.4. The van der Waals surface area contributed by atoms with Crippen LogP contribution in [0.25, 0.3) is 11.4 Å². The predicted octanol–water partition coefficient (Wildman–Crippen LogP) is 3.43. The number of halogens is 2. The average molecular weight is 258 g/mol. The van der Waals surface area contributed by atoms with E-state index in [0.29, 0.717) is 11.4 Å². The molecule has 84 valence electrons. The Morgan fingerprint density at radius 2 is 2.31 bits per heavy atom. The van der Waals surface area contributed by atoms with Crippen molar-refractivity contribution in [1.82, 2.24) is 9.36 Å². The quantitative estimate of drug-likeness (QED) is 0.915. The summed E-state index contributed by atoms with van der Waals surface area (Å²) in [5.41, 5.74) is 0.715. The fraction of sp³-hybridized carbons (Fsp3) is 0.200. The summed E-state index contributed by atoms with van der Waals surface area (Å²) in [6, 6.07) is 4.44. The van der Waals surface area contributed by atoms with Gasteiger partial charge in [0.05, 0.1) is 5.02 Å². The topological polar surface area (TPSA) is 37.8 Å². The molecule has 2 rings (SSSR count). The van der Waals surface area contributed by atoms with Crippen LogP contribution in [-0.2, 0) is 0 Å². The van der Waals surface area contributed by atoms with Gasteiger partial charge >= 0.3 is 0 Å². The molecular weight excluding hydrogens is 249 g/mol. The zero-order valence-electron chi connectivity index (χ0n) is 8.50. The van der Waals surface area contributed by atoms with Crippen molar-refractivity contribution in [3.63, 3.8) is 0 Å². The second-order valence-corrected chi connectivity index (χ2v) is 4.24. The molecule has 0 spiro atoms. The maximum atomic E-state index is 13.0. The van der Waals surface area contributed by atoms with Gasteiger partial charge in [0.1, 0.15) is 5.82 Å². The van der Waals surface area contributed by atoms with Gasteiger partial charge in [-0.15, -0.1) is 0 Å². The van der Waals surface area contributed by atoms with Crippen molar-refractivity contribution >= 4 is 28.3 Å². The third kappa shape index (κ3) is 2.31. The zero-order chi connectivity index (χ0) is 11.5. The molecule has 0 saturated heterocycles. The van der Waals surface area contributed by atoms with Gasteiger partial charge in [-0.05, 0) is 25.1 Å². The first-order valence-electron chi connectivity index (χ1n) is 4.73. The van der Waals surface area contributed by atoms with Crippen molar-refractivity contribution in [2.45, 2.75) is 6.92 Å². The van der Waals surface area contributed by atoms with Crippen LogP contribution in [0.2, 0.25) is 5.02 Å². The first-order valence-corrected chi connectivity index (χ1v) is 5.89. The Labute approximate surface area is 101 Å². The van der Waals surface area contributed by atoms with Crippen LogP contribution in [0, 0.1) is 5.82 Å². The second kappa shape index (κ2) is 4.76. The number of nitrogens with one attached hydrogen (secondary N) is 1. The Morgan fingerprint density at radius 3 is 3.00 bits per heavy atom. The number of nitrogens with zero attached hydrogens (tertiary/aromatic N) is 2. The van der Waals surface area contributed by atoms with Crippen LogP contribution in [0.3, 0.4) is 0 Å². The Kier molecular flexibility index (Phi) is 3.36. The molecule has 0 radical (unpaired) electrons. The number of rotatable bonds is 3. The molecule has 2 aromatic rings. The van der Waals surface area contributed by atoms with Crippen molar-refractivity contribution in [2.75, 3.05) is 11.9 Å². The molecule has 16 heavy (non-hydrogen) atoms. The van der Waals surface area contributed by atoms with E-state index in [0.717, 1.165) is 11.7 Å². The van der Waals surface area contributed by atoms with Crippen molar-refractivity contribution in [3.8, 4) is 11.4 Å². The van der Waals surface area contributed by atoms with Crippen LogP contribution in [-0.4, -0.2) is 15.9 Å². The van der Waals surface area contributed by atoms with E-state index in [1.165, 1.54) is 23.7 Å². The van der Waals surface area contributed by atoms with E-state index in [1.807, 2.05) is 6.92 Å². The van der Waals surface area contributed by atoms with E-state index in [1.54, 1.807) is 6.07 Å². The molecule has 3 nitrogen and oxygen atoms in total. The summed E-state index contributed by atoms with van der Waals surface area (Å²) in [6.45, 7) is 2.77. The van der Waals surface area contributed by atoms with E-state index in [9.17, 15) is 4.39 Å². The maximum absolute atomic E-state index is 13.0. The molecule has 6 heteroatoms. The minimum atomic E-state index is -0.437. The maximum Gasteiger partial charge on any atom is 0.202 e. The molecule has 0 unspecified atom stereocenters. The smallest absolute Gasteiger partial charge is 0.202 e. The number of hydrogen-bond donors (Lipinski definition) is 1. The summed E-state index contributed by atoms with van der Waals surface area (Å²) in [5.74, 6) is 0.121. The average Bonchev–Trinajstić information content (AvgIpc) is 2.71. The van der Waals surface area contributed by atoms with Crippen LogP contribution in [0.5, 0.6) is 0 Å². The van der Waals surface area contributed by atoms with E-state index in [4.69, 9.17) is 11.6 Å². The van der Waals surface area contributed by atoms with Crippen LogP contribution in [0.15, 0.2) is 18.2 Å². The first-order chi connectivity index (χ1) is 7.70. The molecular formula is C10H9ClFN3S. The molecule has 1 heterocycles. The summed E-state index contributed by atoms with van der Waals surface area (Å²) in [7, 11) is 0. The van der Waals surface area contributed by atoms with Crippen LogP contribution in [0.4, 0.5) is 9.52 Å². The fourth-order valence-electron chi connectivity index (χ4n) is 1.20. The highest BCUT2D eigenvalue weighted by molar-refractivity contribution is 7.09. The molecule has 0 aliphatic carbocycles. The van der Waals surface area contributed by atoms with Gasteiger partial charge in [0, 0.05) is 23.6 Å². The van der Waals surface area contributed by atoms with E-state index < -0.39 is 5.82 Å². The lowest BCUT2D eigenvalue weighted by atomic mass is 10.2. The second-order valence-electron chi connectivity index (χ2n) is 3.08. The molecule has 0 atom stereocenters. The van der Waals surface area contributed by atoms with Gasteiger partial charge in [0.25, 0.3) is 0 Å². The first kappa shape index (κ1) is 11.3. The molecule has 0 fully saturated rings. The van der Waals surface area contributed by atoms with Gasteiger partial charge in [-0.1, -0.05) is 11.6 Å². The number of hydrogen-bond acceptors (Lipinski definition) is 4. The Balaban J connectivity index is 2.31. The largest absolute Gasteiger partial charge is 0.361 e. The lowest BCUT2D eigenvalue weighted by Gasteiger charge is -1.97. The van der Waals surface area contributed by atoms with Crippen molar-refractivity contribution in [3.05, 3.63) is 29.0 Å². The Hall–Kier alpha value is -1.20. The highest BCUT2D eigenvalue weighted by Gasteiger charge is 2.08. The summed E-state index contributed by atoms with van der Waals surface area (Å²) < 4.78 is 17.1. The highest BCUT2D eigenvalue weighted by Crippen LogP contribution is 2.25. The lowest BCUT2D eigenvalue weighted by Crippen LogP contribution is -1.95. The van der Waals surface area contributed by atoms with E-state index in [2.05, 4.69) is 14.7 Å². The summed E-state index contributed by atoms with van der Waals surface area (Å²) in [5, 5.41) is 3.89. The van der Waals surface area contributed by atoms with Crippen LogP contribution in [0.1, 0.15) is 6.92 Å². The van der Waals surface area contributed by atoms with Crippen molar-refractivity contribution < 1.29 is 4.39 Å². The van der Waals surface area contributed by atoms with Crippen LogP contribution >= 0.6 is 23.1 Å². The summed E-state index contributed by atoms with van der Waals surface area (Å²) >= 11 is 6.96. The predicted molar refractivity (Wildman–Crippen MR) is 64.5 cm³/mol. The van der Waals surface area contributed by atoms with E-state index in [-0.39, 0.29) is 5.02 Å². The SMILES string of the molecule is CCNc1nc(-c2ccc(F)c(Cl)c2)ns1. The molecule has 0 aliphatic heterocycles.